The van der Waals surface area contributed by atoms with Gasteiger partial charge >= 0.3 is 5.97 Å². The predicted octanol–water partition coefficient (Wildman–Crippen LogP) is -1.27. The SMILES string of the molecule is O=CC(CC(=O)O)NC(=O)C1CCCN2C(=O)CCC(NC(=O)c3ccc4c(c3)NNN4)C(=O)N12. The molecule has 0 aliphatic carbocycles. The molecule has 186 valence electrons. The molecule has 3 aliphatic heterocycles. The van der Waals surface area contributed by atoms with Crippen LogP contribution in [0.5, 0.6) is 0 Å². The van der Waals surface area contributed by atoms with E-state index in [1.54, 1.807) is 18.2 Å². The molecule has 14 heteroatoms. The zero-order chi connectivity index (χ0) is 25.1. The first-order chi connectivity index (χ1) is 16.8. The van der Waals surface area contributed by atoms with Gasteiger partial charge in [0.1, 0.15) is 18.4 Å². The summed E-state index contributed by atoms with van der Waals surface area (Å²) in [7, 11) is 0. The molecule has 0 spiro atoms. The minimum absolute atomic E-state index is 0.0168. The number of hydrogen-bond acceptors (Lipinski definition) is 9. The highest BCUT2D eigenvalue weighted by Gasteiger charge is 2.45. The number of rotatable bonds is 7. The molecular formula is C21H25N7O7. The maximum atomic E-state index is 13.5. The lowest BCUT2D eigenvalue weighted by Gasteiger charge is -2.43. The molecule has 0 aromatic heterocycles. The molecule has 4 amide bonds. The third-order valence-corrected chi connectivity index (χ3v) is 6.03. The number of aliphatic carboxylic acids is 1. The van der Waals surface area contributed by atoms with Crippen molar-refractivity contribution in [3.63, 3.8) is 0 Å². The standard InChI is InChI=1S/C21H25N7O7/c29-10-12(9-18(31)32)22-20(34)16-2-1-7-27-17(30)6-5-14(21(35)28(16)27)23-19(33)11-3-4-13-15(8-11)25-26-24-13/h3-4,8,10,12,14,16,24-26H,1-2,5-7,9H2,(H,22,34)(H,23,33)(H,31,32). The maximum absolute atomic E-state index is 13.5. The van der Waals surface area contributed by atoms with Crippen LogP contribution in [0.25, 0.3) is 0 Å². The molecule has 2 saturated heterocycles. The van der Waals surface area contributed by atoms with Crippen molar-refractivity contribution in [1.82, 2.24) is 26.2 Å². The Bertz CT molecular complexity index is 1080. The molecule has 3 atom stereocenters. The van der Waals surface area contributed by atoms with E-state index in [1.807, 2.05) is 0 Å². The Kier molecular flexibility index (Phi) is 6.82. The van der Waals surface area contributed by atoms with E-state index >= 15 is 0 Å². The number of fused-ring (bicyclic) bond motifs is 2. The van der Waals surface area contributed by atoms with Crippen LogP contribution in [-0.4, -0.2) is 75.7 Å². The molecule has 0 bridgehead atoms. The van der Waals surface area contributed by atoms with E-state index in [4.69, 9.17) is 5.11 Å². The van der Waals surface area contributed by atoms with E-state index in [9.17, 15) is 28.8 Å². The van der Waals surface area contributed by atoms with Gasteiger partial charge < -0.3 is 31.4 Å². The average molecular weight is 487 g/mol. The van der Waals surface area contributed by atoms with Gasteiger partial charge in [-0.05, 0) is 37.5 Å². The fourth-order valence-electron chi connectivity index (χ4n) is 4.31. The number of hydrogen-bond donors (Lipinski definition) is 6. The number of hydrazine groups is 3. The predicted molar refractivity (Wildman–Crippen MR) is 119 cm³/mol. The molecule has 2 fully saturated rings. The highest BCUT2D eigenvalue weighted by atomic mass is 16.4. The lowest BCUT2D eigenvalue weighted by atomic mass is 10.0. The Hall–Kier alpha value is -4.20. The van der Waals surface area contributed by atoms with Gasteiger partial charge in [0, 0.05) is 18.5 Å². The molecule has 3 unspecified atom stereocenters. The van der Waals surface area contributed by atoms with Crippen molar-refractivity contribution in [2.75, 3.05) is 17.4 Å². The van der Waals surface area contributed by atoms with E-state index in [-0.39, 0.29) is 37.3 Å². The summed E-state index contributed by atoms with van der Waals surface area (Å²) in [6, 6.07) is 1.38. The molecule has 14 nitrogen and oxygen atoms in total. The Morgan fingerprint density at radius 1 is 1.17 bits per heavy atom. The lowest BCUT2D eigenvalue weighted by Crippen LogP contribution is -2.64. The summed E-state index contributed by atoms with van der Waals surface area (Å²) >= 11 is 0. The van der Waals surface area contributed by atoms with Gasteiger partial charge in [-0.1, -0.05) is 0 Å². The molecule has 3 aliphatic rings. The Labute approximate surface area is 199 Å². The first-order valence-electron chi connectivity index (χ1n) is 11.1. The van der Waals surface area contributed by atoms with Crippen molar-refractivity contribution in [2.24, 2.45) is 0 Å². The van der Waals surface area contributed by atoms with E-state index < -0.39 is 48.2 Å². The van der Waals surface area contributed by atoms with Crippen molar-refractivity contribution >= 4 is 47.3 Å². The second-order valence-electron chi connectivity index (χ2n) is 8.41. The number of nitrogens with one attached hydrogen (secondary N) is 5. The monoisotopic (exact) mass is 487 g/mol. The number of benzene rings is 1. The van der Waals surface area contributed by atoms with Gasteiger partial charge in [-0.15, -0.1) is 5.53 Å². The van der Waals surface area contributed by atoms with Crippen LogP contribution in [0.1, 0.15) is 42.5 Å². The number of anilines is 2. The zero-order valence-electron chi connectivity index (χ0n) is 18.6. The topological polar surface area (TPSA) is 189 Å². The summed E-state index contributed by atoms with van der Waals surface area (Å²) in [6.45, 7) is 0.220. The lowest BCUT2D eigenvalue weighted by molar-refractivity contribution is -0.176. The smallest absolute Gasteiger partial charge is 0.305 e. The van der Waals surface area contributed by atoms with Crippen molar-refractivity contribution < 1.29 is 33.9 Å². The van der Waals surface area contributed by atoms with Crippen molar-refractivity contribution in [1.29, 1.82) is 0 Å². The third kappa shape index (κ3) is 5.01. The van der Waals surface area contributed by atoms with Crippen LogP contribution < -0.4 is 27.0 Å². The van der Waals surface area contributed by atoms with Gasteiger partial charge in [0.2, 0.25) is 11.8 Å². The molecule has 0 saturated carbocycles. The molecule has 3 heterocycles. The van der Waals surface area contributed by atoms with Gasteiger partial charge in [0.15, 0.2) is 0 Å². The number of amides is 4. The highest BCUT2D eigenvalue weighted by molar-refractivity contribution is 6.01. The van der Waals surface area contributed by atoms with Crippen molar-refractivity contribution in [3.05, 3.63) is 23.8 Å². The highest BCUT2D eigenvalue weighted by Crippen LogP contribution is 2.27. The summed E-state index contributed by atoms with van der Waals surface area (Å²) in [5.41, 5.74) is 10.1. The first-order valence-corrected chi connectivity index (χ1v) is 11.1. The molecule has 0 radical (unpaired) electrons. The Morgan fingerprint density at radius 2 is 1.94 bits per heavy atom. The maximum Gasteiger partial charge on any atom is 0.305 e. The van der Waals surface area contributed by atoms with Crippen LogP contribution in [-0.2, 0) is 24.0 Å². The summed E-state index contributed by atoms with van der Waals surface area (Å²) in [6.07, 6.45) is 0.361. The number of carboxylic acid groups (broad SMARTS) is 1. The summed E-state index contributed by atoms with van der Waals surface area (Å²) in [5.74, 6) is -3.55. The van der Waals surface area contributed by atoms with Crippen LogP contribution in [0.15, 0.2) is 18.2 Å². The van der Waals surface area contributed by atoms with E-state index in [0.717, 1.165) is 10.7 Å². The minimum atomic E-state index is -1.28. The van der Waals surface area contributed by atoms with E-state index in [0.29, 0.717) is 18.4 Å². The normalized spacial score (nSPS) is 22.1. The van der Waals surface area contributed by atoms with E-state index in [1.165, 1.54) is 5.01 Å². The minimum Gasteiger partial charge on any atom is -0.481 e. The molecule has 4 rings (SSSR count). The van der Waals surface area contributed by atoms with Crippen molar-refractivity contribution in [2.45, 2.75) is 50.2 Å². The number of aldehydes is 1. The summed E-state index contributed by atoms with van der Waals surface area (Å²) in [4.78, 5) is 74.2. The summed E-state index contributed by atoms with van der Waals surface area (Å²) in [5, 5.41) is 16.2. The first kappa shape index (κ1) is 23.9. The molecule has 35 heavy (non-hydrogen) atoms. The van der Waals surface area contributed by atoms with Gasteiger partial charge in [-0.3, -0.25) is 29.0 Å². The number of carboxylic acids is 1. The van der Waals surface area contributed by atoms with Gasteiger partial charge in [0.25, 0.3) is 11.8 Å². The van der Waals surface area contributed by atoms with Gasteiger partial charge in [0.05, 0.1) is 23.8 Å². The second kappa shape index (κ2) is 9.97. The average Bonchev–Trinajstić information content (AvgIpc) is 3.28. The van der Waals surface area contributed by atoms with Crippen LogP contribution in [0.4, 0.5) is 11.4 Å². The van der Waals surface area contributed by atoms with E-state index in [2.05, 4.69) is 27.0 Å². The zero-order valence-corrected chi connectivity index (χ0v) is 18.6. The van der Waals surface area contributed by atoms with Crippen LogP contribution in [0, 0.1) is 0 Å². The van der Waals surface area contributed by atoms with Crippen molar-refractivity contribution in [3.8, 4) is 0 Å². The number of carbonyl (C=O) groups excluding carboxylic acids is 5. The quantitative estimate of drug-likeness (QED) is 0.253. The fourth-order valence-corrected chi connectivity index (χ4v) is 4.31. The fraction of sp³-hybridized carbons (Fsp3) is 0.429. The van der Waals surface area contributed by atoms with Crippen LogP contribution in [0.2, 0.25) is 0 Å². The third-order valence-electron chi connectivity index (χ3n) is 6.03. The van der Waals surface area contributed by atoms with Crippen LogP contribution in [0.3, 0.4) is 0 Å². The Morgan fingerprint density at radius 3 is 2.69 bits per heavy atom. The molecule has 1 aromatic carbocycles. The number of nitrogens with zero attached hydrogens (tertiary/aromatic N) is 2. The second-order valence-corrected chi connectivity index (χ2v) is 8.41. The molecule has 6 N–H and O–H groups in total. The largest absolute Gasteiger partial charge is 0.481 e. The molecular weight excluding hydrogens is 462 g/mol. The van der Waals surface area contributed by atoms with Gasteiger partial charge in [-0.25, -0.2) is 5.01 Å². The Balaban J connectivity index is 1.52. The van der Waals surface area contributed by atoms with Gasteiger partial charge in [-0.2, -0.15) is 0 Å². The number of carbonyl (C=O) groups is 6. The molecule has 1 aromatic rings. The van der Waals surface area contributed by atoms with Crippen LogP contribution >= 0.6 is 0 Å². The summed E-state index contributed by atoms with van der Waals surface area (Å²) < 4.78 is 0.